The molecule has 0 aliphatic rings. The maximum atomic E-state index is 11.8. The zero-order valence-corrected chi connectivity index (χ0v) is 12.6. The van der Waals surface area contributed by atoms with Gasteiger partial charge in [-0.05, 0) is 44.0 Å². The number of nitrogens with zero attached hydrogens (tertiary/aromatic N) is 3. The van der Waals surface area contributed by atoms with Gasteiger partial charge in [0.15, 0.2) is 5.82 Å². The van der Waals surface area contributed by atoms with Gasteiger partial charge in [0.05, 0.1) is 11.2 Å². The number of aromatic nitrogens is 3. The highest BCUT2D eigenvalue weighted by Crippen LogP contribution is 2.19. The summed E-state index contributed by atoms with van der Waals surface area (Å²) in [6.45, 7) is 0. The van der Waals surface area contributed by atoms with Crippen LogP contribution in [0.4, 0.5) is 5.82 Å². The lowest BCUT2D eigenvalue weighted by Gasteiger charge is -2.05. The van der Waals surface area contributed by atoms with Gasteiger partial charge in [-0.15, -0.1) is 0 Å². The quantitative estimate of drug-likeness (QED) is 0.852. The average Bonchev–Trinajstić information content (AvgIpc) is 2.33. The fourth-order valence-electron chi connectivity index (χ4n) is 1.11. The van der Waals surface area contributed by atoms with Crippen LogP contribution in [0.1, 0.15) is 10.5 Å². The van der Waals surface area contributed by atoms with Crippen LogP contribution < -0.4 is 5.32 Å². The van der Waals surface area contributed by atoms with Crippen molar-refractivity contribution in [3.63, 3.8) is 0 Å². The molecule has 0 saturated carbocycles. The Morgan fingerprint density at radius 2 is 2.00 bits per heavy atom. The smallest absolute Gasteiger partial charge is 0.275 e. The van der Waals surface area contributed by atoms with Gasteiger partial charge in [0, 0.05) is 6.20 Å². The molecule has 92 valence electrons. The molecule has 2 aromatic heterocycles. The molecule has 0 aliphatic carbocycles. The minimum atomic E-state index is -0.385. The van der Waals surface area contributed by atoms with Crippen molar-refractivity contribution in [1.82, 2.24) is 15.0 Å². The second-order valence-corrected chi connectivity index (χ2v) is 5.15. The molecule has 2 heterocycles. The molecule has 0 bridgehead atoms. The molecule has 0 unspecified atom stereocenters. The largest absolute Gasteiger partial charge is 0.303 e. The Balaban J connectivity index is 2.18. The number of halogens is 3. The van der Waals surface area contributed by atoms with Crippen LogP contribution in [0.2, 0.25) is 5.02 Å². The Morgan fingerprint density at radius 1 is 1.22 bits per heavy atom. The monoisotopic (exact) mass is 390 g/mol. The first kappa shape index (κ1) is 13.4. The van der Waals surface area contributed by atoms with Gasteiger partial charge >= 0.3 is 0 Å². The summed E-state index contributed by atoms with van der Waals surface area (Å²) in [6.07, 6.45) is 2.88. The summed E-state index contributed by atoms with van der Waals surface area (Å²) < 4.78 is 0.996. The number of hydrogen-bond donors (Lipinski definition) is 1. The molecular formula is C10H5Br2ClN4O. The second kappa shape index (κ2) is 5.73. The van der Waals surface area contributed by atoms with Gasteiger partial charge in [0.25, 0.3) is 5.91 Å². The number of carbonyl (C=O) groups is 1. The zero-order valence-electron chi connectivity index (χ0n) is 8.69. The lowest BCUT2D eigenvalue weighted by Crippen LogP contribution is -2.15. The topological polar surface area (TPSA) is 67.8 Å². The summed E-state index contributed by atoms with van der Waals surface area (Å²) in [4.78, 5) is 23.8. The Labute approximate surface area is 124 Å². The van der Waals surface area contributed by atoms with Gasteiger partial charge in [0.1, 0.15) is 14.9 Å². The third kappa shape index (κ3) is 3.24. The number of rotatable bonds is 2. The standard InChI is InChI=1S/C10H5Br2ClN4O/c11-7-4-15-9(8(12)16-7)17-10(18)6-2-1-5(13)3-14-6/h1-4H,(H,15,17,18). The number of anilines is 1. The van der Waals surface area contributed by atoms with Crippen LogP contribution in [-0.4, -0.2) is 20.9 Å². The fourth-order valence-corrected chi connectivity index (χ4v) is 2.13. The summed E-state index contributed by atoms with van der Waals surface area (Å²) in [5.74, 6) is -0.0658. The predicted octanol–water partition coefficient (Wildman–Crippen LogP) is 3.30. The summed E-state index contributed by atoms with van der Waals surface area (Å²) in [5.41, 5.74) is 0.246. The van der Waals surface area contributed by atoms with E-state index < -0.39 is 0 Å². The van der Waals surface area contributed by atoms with Crippen LogP contribution in [0.25, 0.3) is 0 Å². The van der Waals surface area contributed by atoms with Crippen molar-refractivity contribution in [1.29, 1.82) is 0 Å². The van der Waals surface area contributed by atoms with E-state index in [1.54, 1.807) is 6.07 Å². The predicted molar refractivity (Wildman–Crippen MR) is 74.6 cm³/mol. The minimum absolute atomic E-state index is 0.246. The number of amides is 1. The summed E-state index contributed by atoms with van der Waals surface area (Å²) in [7, 11) is 0. The van der Waals surface area contributed by atoms with Gasteiger partial charge in [-0.25, -0.2) is 15.0 Å². The number of hydrogen-bond acceptors (Lipinski definition) is 4. The van der Waals surface area contributed by atoms with Crippen molar-refractivity contribution in [2.75, 3.05) is 5.32 Å². The van der Waals surface area contributed by atoms with Crippen LogP contribution in [0.15, 0.2) is 33.7 Å². The molecule has 0 spiro atoms. The van der Waals surface area contributed by atoms with Crippen LogP contribution in [0.3, 0.4) is 0 Å². The number of nitrogens with one attached hydrogen (secondary N) is 1. The molecule has 1 N–H and O–H groups in total. The van der Waals surface area contributed by atoms with Crippen LogP contribution in [0.5, 0.6) is 0 Å². The summed E-state index contributed by atoms with van der Waals surface area (Å²) in [5, 5.41) is 3.06. The van der Waals surface area contributed by atoms with Crippen LogP contribution in [0, 0.1) is 0 Å². The molecule has 0 atom stereocenters. The molecule has 0 radical (unpaired) electrons. The number of carbonyl (C=O) groups excluding carboxylic acids is 1. The highest BCUT2D eigenvalue weighted by atomic mass is 79.9. The highest BCUT2D eigenvalue weighted by molar-refractivity contribution is 9.11. The van der Waals surface area contributed by atoms with Gasteiger partial charge in [-0.1, -0.05) is 11.6 Å². The van der Waals surface area contributed by atoms with E-state index in [-0.39, 0.29) is 11.6 Å². The Bertz CT molecular complexity index is 591. The molecule has 2 aromatic rings. The Hall–Kier alpha value is -1.05. The van der Waals surface area contributed by atoms with Crippen molar-refractivity contribution in [3.05, 3.63) is 44.4 Å². The lowest BCUT2D eigenvalue weighted by molar-refractivity contribution is 0.102. The van der Waals surface area contributed by atoms with Gasteiger partial charge < -0.3 is 5.32 Å². The van der Waals surface area contributed by atoms with E-state index in [0.717, 1.165) is 0 Å². The van der Waals surface area contributed by atoms with Crippen LogP contribution >= 0.6 is 43.5 Å². The normalized spacial score (nSPS) is 10.2. The van der Waals surface area contributed by atoms with Crippen molar-refractivity contribution in [2.45, 2.75) is 0 Å². The Kier molecular flexibility index (Phi) is 4.26. The molecule has 1 amide bonds. The Morgan fingerprint density at radius 3 is 2.61 bits per heavy atom. The molecule has 8 heteroatoms. The first-order chi connectivity index (χ1) is 8.56. The summed E-state index contributed by atoms with van der Waals surface area (Å²) in [6, 6.07) is 3.11. The van der Waals surface area contributed by atoms with Crippen molar-refractivity contribution in [2.24, 2.45) is 0 Å². The zero-order chi connectivity index (χ0) is 13.1. The molecule has 0 aromatic carbocycles. The van der Waals surface area contributed by atoms with Gasteiger partial charge in [-0.2, -0.15) is 0 Å². The van der Waals surface area contributed by atoms with Crippen molar-refractivity contribution < 1.29 is 4.79 Å². The molecule has 5 nitrogen and oxygen atoms in total. The second-order valence-electron chi connectivity index (χ2n) is 3.15. The molecular weight excluding hydrogens is 387 g/mol. The fraction of sp³-hybridized carbons (Fsp3) is 0. The van der Waals surface area contributed by atoms with E-state index in [2.05, 4.69) is 52.1 Å². The average molecular weight is 392 g/mol. The van der Waals surface area contributed by atoms with Crippen molar-refractivity contribution in [3.8, 4) is 0 Å². The lowest BCUT2D eigenvalue weighted by atomic mass is 10.3. The molecule has 18 heavy (non-hydrogen) atoms. The van der Waals surface area contributed by atoms with E-state index in [1.807, 2.05) is 0 Å². The maximum Gasteiger partial charge on any atom is 0.275 e. The van der Waals surface area contributed by atoms with E-state index in [0.29, 0.717) is 20.0 Å². The van der Waals surface area contributed by atoms with E-state index >= 15 is 0 Å². The third-order valence-electron chi connectivity index (χ3n) is 1.89. The number of pyridine rings is 1. The van der Waals surface area contributed by atoms with E-state index in [4.69, 9.17) is 11.6 Å². The maximum absolute atomic E-state index is 11.8. The SMILES string of the molecule is O=C(Nc1ncc(Br)nc1Br)c1ccc(Cl)cn1. The van der Waals surface area contributed by atoms with Crippen LogP contribution in [-0.2, 0) is 0 Å². The van der Waals surface area contributed by atoms with E-state index in [9.17, 15) is 4.79 Å². The first-order valence-electron chi connectivity index (χ1n) is 4.67. The van der Waals surface area contributed by atoms with Gasteiger partial charge in [-0.3, -0.25) is 4.79 Å². The van der Waals surface area contributed by atoms with E-state index in [1.165, 1.54) is 18.5 Å². The molecule has 0 saturated heterocycles. The summed E-state index contributed by atoms with van der Waals surface area (Å²) >= 11 is 12.1. The van der Waals surface area contributed by atoms with Gasteiger partial charge in [0.2, 0.25) is 0 Å². The molecule has 2 rings (SSSR count). The molecule has 0 aliphatic heterocycles. The third-order valence-corrected chi connectivity index (χ3v) is 3.05. The molecule has 0 fully saturated rings. The highest BCUT2D eigenvalue weighted by Gasteiger charge is 2.11. The first-order valence-corrected chi connectivity index (χ1v) is 6.63. The minimum Gasteiger partial charge on any atom is -0.303 e. The van der Waals surface area contributed by atoms with Crippen molar-refractivity contribution >= 4 is 55.2 Å².